The number of hydrogen-bond acceptors (Lipinski definition) is 5. The van der Waals surface area contributed by atoms with E-state index in [1.54, 1.807) is 0 Å². The van der Waals surface area contributed by atoms with Crippen LogP contribution >= 0.6 is 0 Å². The Morgan fingerprint density at radius 3 is 2.30 bits per heavy atom. The predicted octanol–water partition coefficient (Wildman–Crippen LogP) is 2.58. The van der Waals surface area contributed by atoms with Gasteiger partial charge in [0, 0.05) is 18.2 Å². The molecule has 1 aromatic rings. The van der Waals surface area contributed by atoms with Crippen molar-refractivity contribution in [3.63, 3.8) is 0 Å². The highest BCUT2D eigenvalue weighted by atomic mass is 32.2. The zero-order valence-electron chi connectivity index (χ0n) is 12.5. The number of allylic oxidation sites excluding steroid dienone is 1. The second kappa shape index (κ2) is 6.59. The molecule has 0 bridgehead atoms. The Morgan fingerprint density at radius 2 is 1.87 bits per heavy atom. The van der Waals surface area contributed by atoms with Gasteiger partial charge in [-0.05, 0) is 30.7 Å². The van der Waals surface area contributed by atoms with E-state index in [1.807, 2.05) is 0 Å². The maximum Gasteiger partial charge on any atom is 0.534 e. The molecule has 1 rings (SSSR count). The summed E-state index contributed by atoms with van der Waals surface area (Å²) in [7, 11) is -3.23. The summed E-state index contributed by atoms with van der Waals surface area (Å²) in [5.41, 5.74) is -5.34. The van der Waals surface area contributed by atoms with E-state index in [4.69, 9.17) is 4.84 Å². The molecule has 1 aromatic carbocycles. The van der Waals surface area contributed by atoms with Crippen LogP contribution in [0.5, 0.6) is 5.75 Å². The maximum absolute atomic E-state index is 12.4. The fourth-order valence-corrected chi connectivity index (χ4v) is 1.98. The van der Waals surface area contributed by atoms with Gasteiger partial charge in [-0.15, -0.1) is 0 Å². The van der Waals surface area contributed by atoms with E-state index in [0.717, 1.165) is 17.2 Å². The van der Waals surface area contributed by atoms with Crippen molar-refractivity contribution in [3.8, 4) is 5.75 Å². The van der Waals surface area contributed by atoms with Crippen LogP contribution < -0.4 is 4.18 Å². The molecule has 0 aliphatic carbocycles. The zero-order chi connectivity index (χ0) is 18.0. The minimum Gasteiger partial charge on any atom is -0.375 e. The third kappa shape index (κ3) is 4.23. The van der Waals surface area contributed by atoms with Gasteiger partial charge in [-0.25, -0.2) is 5.06 Å². The highest BCUT2D eigenvalue weighted by Crippen LogP contribution is 2.32. The Bertz CT molecular complexity index is 728. The summed E-state index contributed by atoms with van der Waals surface area (Å²) in [5, 5.41) is 0.893. The van der Waals surface area contributed by atoms with E-state index >= 15 is 0 Å². The van der Waals surface area contributed by atoms with Crippen molar-refractivity contribution in [2.45, 2.75) is 12.4 Å². The molecule has 0 saturated heterocycles. The van der Waals surface area contributed by atoms with E-state index < -0.39 is 27.3 Å². The number of hydrogen-bond donors (Lipinski definition) is 0. The number of halogens is 3. The number of alkyl halides is 3. The highest BCUT2D eigenvalue weighted by Gasteiger charge is 2.48. The van der Waals surface area contributed by atoms with Gasteiger partial charge in [-0.2, -0.15) is 21.6 Å². The first-order chi connectivity index (χ1) is 10.4. The zero-order valence-corrected chi connectivity index (χ0v) is 13.3. The number of benzene rings is 1. The monoisotopic (exact) mass is 353 g/mol. The van der Waals surface area contributed by atoms with E-state index in [9.17, 15) is 26.4 Å². The smallest absolute Gasteiger partial charge is 0.375 e. The largest absolute Gasteiger partial charge is 0.534 e. The van der Waals surface area contributed by atoms with Crippen molar-refractivity contribution in [1.82, 2.24) is 5.06 Å². The molecule has 0 unspecified atom stereocenters. The molecular weight excluding hydrogens is 339 g/mol. The summed E-state index contributed by atoms with van der Waals surface area (Å²) >= 11 is 0. The van der Waals surface area contributed by atoms with Gasteiger partial charge in [-0.3, -0.25) is 9.63 Å². The van der Waals surface area contributed by atoms with Gasteiger partial charge in [0.2, 0.25) is 0 Å². The van der Waals surface area contributed by atoms with Crippen molar-refractivity contribution in [3.05, 3.63) is 35.9 Å². The SMILES string of the molecule is C=C(C)c1cc(C(=O)N(C)OC)ccc1OS(=O)(=O)C(F)(F)F. The van der Waals surface area contributed by atoms with Crippen LogP contribution in [0.3, 0.4) is 0 Å². The fraction of sp³-hybridized carbons (Fsp3) is 0.308. The van der Waals surface area contributed by atoms with Gasteiger partial charge in [0.05, 0.1) is 7.11 Å². The van der Waals surface area contributed by atoms with Crippen LogP contribution in [0, 0.1) is 0 Å². The van der Waals surface area contributed by atoms with E-state index in [2.05, 4.69) is 10.8 Å². The maximum atomic E-state index is 12.4. The molecule has 0 aliphatic heterocycles. The Labute approximate surface area is 131 Å². The van der Waals surface area contributed by atoms with Crippen molar-refractivity contribution in [2.75, 3.05) is 14.2 Å². The number of carbonyl (C=O) groups excluding carboxylic acids is 1. The van der Waals surface area contributed by atoms with E-state index in [-0.39, 0.29) is 16.7 Å². The Morgan fingerprint density at radius 1 is 1.30 bits per heavy atom. The molecule has 23 heavy (non-hydrogen) atoms. The molecule has 0 atom stereocenters. The molecule has 128 valence electrons. The number of nitrogens with zero attached hydrogens (tertiary/aromatic N) is 1. The van der Waals surface area contributed by atoms with Crippen LogP contribution in [0.15, 0.2) is 24.8 Å². The van der Waals surface area contributed by atoms with Gasteiger partial charge in [0.1, 0.15) is 5.75 Å². The van der Waals surface area contributed by atoms with Gasteiger partial charge >= 0.3 is 15.6 Å². The van der Waals surface area contributed by atoms with E-state index in [0.29, 0.717) is 0 Å². The number of rotatable bonds is 5. The predicted molar refractivity (Wildman–Crippen MR) is 75.9 cm³/mol. The Balaban J connectivity index is 3.32. The fourth-order valence-electron chi connectivity index (χ4n) is 1.50. The quantitative estimate of drug-likeness (QED) is 0.462. The van der Waals surface area contributed by atoms with Crippen LogP contribution in [-0.2, 0) is 15.0 Å². The molecule has 10 heteroatoms. The standard InChI is InChI=1S/C13H14F3NO5S/c1-8(2)10-7-9(12(18)17(3)21-4)5-6-11(10)22-23(19,20)13(14,15)16/h5-7H,1H2,2-4H3. The molecule has 6 nitrogen and oxygen atoms in total. The molecule has 0 saturated carbocycles. The van der Waals surface area contributed by atoms with Crippen molar-refractivity contribution in [1.29, 1.82) is 0 Å². The third-order valence-electron chi connectivity index (χ3n) is 2.73. The first kappa shape index (κ1) is 19.0. The van der Waals surface area contributed by atoms with Crippen molar-refractivity contribution in [2.24, 2.45) is 0 Å². The first-order valence-electron chi connectivity index (χ1n) is 6.03. The summed E-state index contributed by atoms with van der Waals surface area (Å²) in [6.07, 6.45) is 0. The number of amides is 1. The normalized spacial score (nSPS) is 11.9. The van der Waals surface area contributed by atoms with Gasteiger partial charge in [-0.1, -0.05) is 6.58 Å². The van der Waals surface area contributed by atoms with Crippen LogP contribution in [-0.4, -0.2) is 39.1 Å². The second-order valence-corrected chi connectivity index (χ2v) is 6.00. The lowest BCUT2D eigenvalue weighted by Gasteiger charge is -2.16. The molecule has 0 N–H and O–H groups in total. The van der Waals surface area contributed by atoms with Crippen LogP contribution in [0.1, 0.15) is 22.8 Å². The summed E-state index contributed by atoms with van der Waals surface area (Å²) in [5.74, 6) is -1.16. The lowest BCUT2D eigenvalue weighted by molar-refractivity contribution is -0.0757. The van der Waals surface area contributed by atoms with Crippen molar-refractivity contribution >= 4 is 21.6 Å². The number of hydroxylamine groups is 2. The first-order valence-corrected chi connectivity index (χ1v) is 7.44. The molecule has 0 fully saturated rings. The Kier molecular flexibility index (Phi) is 5.43. The van der Waals surface area contributed by atoms with Gasteiger partial charge in [0.25, 0.3) is 5.91 Å². The van der Waals surface area contributed by atoms with Crippen LogP contribution in [0.25, 0.3) is 5.57 Å². The molecule has 0 heterocycles. The summed E-state index contributed by atoms with van der Waals surface area (Å²) in [6, 6.07) is 3.23. The topological polar surface area (TPSA) is 72.9 Å². The Hall–Kier alpha value is -2.07. The van der Waals surface area contributed by atoms with Crippen LogP contribution in [0.2, 0.25) is 0 Å². The summed E-state index contributed by atoms with van der Waals surface area (Å²) in [6.45, 7) is 4.96. The lowest BCUT2D eigenvalue weighted by atomic mass is 10.0. The summed E-state index contributed by atoms with van der Waals surface area (Å²) in [4.78, 5) is 16.6. The second-order valence-electron chi connectivity index (χ2n) is 4.46. The van der Waals surface area contributed by atoms with Crippen molar-refractivity contribution < 1.29 is 35.4 Å². The molecule has 0 aromatic heterocycles. The highest BCUT2D eigenvalue weighted by molar-refractivity contribution is 7.88. The average molecular weight is 353 g/mol. The van der Waals surface area contributed by atoms with Crippen LogP contribution in [0.4, 0.5) is 13.2 Å². The molecule has 0 spiro atoms. The van der Waals surface area contributed by atoms with Gasteiger partial charge < -0.3 is 4.18 Å². The van der Waals surface area contributed by atoms with E-state index in [1.165, 1.54) is 27.1 Å². The lowest BCUT2D eigenvalue weighted by Crippen LogP contribution is -2.28. The molecular formula is C13H14F3NO5S. The minimum atomic E-state index is -5.82. The number of carbonyl (C=O) groups is 1. The molecule has 0 aliphatic rings. The minimum absolute atomic E-state index is 0.0480. The third-order valence-corrected chi connectivity index (χ3v) is 3.70. The van der Waals surface area contributed by atoms with Gasteiger partial charge in [0.15, 0.2) is 0 Å². The molecule has 1 amide bonds. The summed E-state index contributed by atoms with van der Waals surface area (Å²) < 4.78 is 63.5. The molecule has 0 radical (unpaired) electrons. The average Bonchev–Trinajstić information content (AvgIpc) is 2.44.